The lowest BCUT2D eigenvalue weighted by Gasteiger charge is -2.37. The van der Waals surface area contributed by atoms with Crippen LogP contribution < -0.4 is 10.1 Å². The number of rotatable bonds is 6. The van der Waals surface area contributed by atoms with Crippen LogP contribution in [0.15, 0.2) is 108 Å². The van der Waals surface area contributed by atoms with E-state index in [2.05, 4.69) is 79.0 Å². The summed E-state index contributed by atoms with van der Waals surface area (Å²) in [6.07, 6.45) is 7.64. The third-order valence-corrected chi connectivity index (χ3v) is 7.57. The minimum Gasteiger partial charge on any atom is -0.488 e. The molecule has 1 aliphatic carbocycles. The van der Waals surface area contributed by atoms with Gasteiger partial charge in [0.2, 0.25) is 0 Å². The minimum atomic E-state index is 0.277. The van der Waals surface area contributed by atoms with Crippen LogP contribution in [0.3, 0.4) is 0 Å². The molecule has 0 fully saturated rings. The SMILES string of the molecule is Cc1ccc2c(c1)[C@@H]1C=CC[C@@H]1[C@@H](c1ccc(N=Cc3cc(Cl)ccc3OCc3ccccc3)cc1)N2. The number of aryl methyl sites for hydroxylation is 1. The van der Waals surface area contributed by atoms with Crippen LogP contribution in [0.5, 0.6) is 5.75 Å². The first kappa shape index (κ1) is 23.6. The van der Waals surface area contributed by atoms with Crippen LogP contribution in [-0.2, 0) is 6.61 Å². The largest absolute Gasteiger partial charge is 0.488 e. The molecular weight excluding hydrogens is 476 g/mol. The smallest absolute Gasteiger partial charge is 0.128 e. The van der Waals surface area contributed by atoms with Crippen LogP contribution >= 0.6 is 11.6 Å². The van der Waals surface area contributed by atoms with Crippen molar-refractivity contribution in [3.63, 3.8) is 0 Å². The van der Waals surface area contributed by atoms with Crippen molar-refractivity contribution in [3.05, 3.63) is 136 Å². The van der Waals surface area contributed by atoms with Crippen molar-refractivity contribution in [2.75, 3.05) is 5.32 Å². The summed E-state index contributed by atoms with van der Waals surface area (Å²) in [6, 6.07) is 31.3. The van der Waals surface area contributed by atoms with E-state index in [1.54, 1.807) is 0 Å². The van der Waals surface area contributed by atoms with Crippen LogP contribution in [0, 0.1) is 12.8 Å². The normalized spacial score (nSPS) is 19.9. The molecule has 1 aliphatic heterocycles. The zero-order chi connectivity index (χ0) is 25.2. The summed E-state index contributed by atoms with van der Waals surface area (Å²) in [6.45, 7) is 2.66. The third kappa shape index (κ3) is 5.05. The average molecular weight is 505 g/mol. The molecule has 37 heavy (non-hydrogen) atoms. The summed E-state index contributed by atoms with van der Waals surface area (Å²) in [5.74, 6) is 1.75. The van der Waals surface area contributed by atoms with Crippen molar-refractivity contribution in [2.45, 2.75) is 31.9 Å². The van der Waals surface area contributed by atoms with E-state index in [4.69, 9.17) is 21.3 Å². The van der Waals surface area contributed by atoms with Gasteiger partial charge in [0, 0.05) is 28.4 Å². The van der Waals surface area contributed by atoms with Crippen molar-refractivity contribution in [2.24, 2.45) is 10.9 Å². The number of fused-ring (bicyclic) bond motifs is 3. The molecule has 0 saturated carbocycles. The predicted octanol–water partition coefficient (Wildman–Crippen LogP) is 8.80. The number of anilines is 1. The standard InChI is InChI=1S/C33H29ClN2O/c1-22-10-16-31-30(18-22)28-8-5-9-29(28)33(36-31)24-11-14-27(15-12-24)35-20-25-19-26(34)13-17-32(25)37-21-23-6-3-2-4-7-23/h2-8,10-20,28-29,33,36H,9,21H2,1H3/t28-,29+,33-/m1/s1. The maximum absolute atomic E-state index is 6.28. The Bertz CT molecular complexity index is 1460. The van der Waals surface area contributed by atoms with E-state index < -0.39 is 0 Å². The fraction of sp³-hybridized carbons (Fsp3) is 0.182. The van der Waals surface area contributed by atoms with Crippen molar-refractivity contribution < 1.29 is 4.74 Å². The first-order valence-corrected chi connectivity index (χ1v) is 13.2. The number of ether oxygens (including phenoxy) is 1. The highest BCUT2D eigenvalue weighted by Crippen LogP contribution is 2.50. The summed E-state index contributed by atoms with van der Waals surface area (Å²) in [5, 5.41) is 4.48. The van der Waals surface area contributed by atoms with E-state index in [1.807, 2.05) is 42.6 Å². The Hall–Kier alpha value is -3.82. The van der Waals surface area contributed by atoms with E-state index in [1.165, 1.54) is 22.4 Å². The van der Waals surface area contributed by atoms with Crippen LogP contribution in [0.2, 0.25) is 5.02 Å². The predicted molar refractivity (Wildman–Crippen MR) is 153 cm³/mol. The Kier molecular flexibility index (Phi) is 6.55. The quantitative estimate of drug-likeness (QED) is 0.210. The van der Waals surface area contributed by atoms with E-state index in [0.29, 0.717) is 23.5 Å². The number of hydrogen-bond donors (Lipinski definition) is 1. The van der Waals surface area contributed by atoms with E-state index in [0.717, 1.165) is 29.0 Å². The summed E-state index contributed by atoms with van der Waals surface area (Å²) in [4.78, 5) is 4.74. The molecule has 1 N–H and O–H groups in total. The Labute approximate surface area is 223 Å². The topological polar surface area (TPSA) is 33.6 Å². The molecule has 3 atom stereocenters. The highest BCUT2D eigenvalue weighted by atomic mass is 35.5. The molecule has 0 bridgehead atoms. The zero-order valence-corrected chi connectivity index (χ0v) is 21.5. The van der Waals surface area contributed by atoms with Gasteiger partial charge in [-0.3, -0.25) is 4.99 Å². The molecule has 0 aromatic heterocycles. The Morgan fingerprint density at radius 1 is 0.973 bits per heavy atom. The zero-order valence-electron chi connectivity index (χ0n) is 20.8. The lowest BCUT2D eigenvalue weighted by atomic mass is 9.76. The van der Waals surface area contributed by atoms with Gasteiger partial charge in [0.15, 0.2) is 0 Å². The monoisotopic (exact) mass is 504 g/mol. The van der Waals surface area contributed by atoms with E-state index >= 15 is 0 Å². The van der Waals surface area contributed by atoms with Gasteiger partial charge >= 0.3 is 0 Å². The lowest BCUT2D eigenvalue weighted by Crippen LogP contribution is -2.29. The van der Waals surface area contributed by atoms with Crippen molar-refractivity contribution in [1.82, 2.24) is 0 Å². The highest BCUT2D eigenvalue weighted by molar-refractivity contribution is 6.30. The van der Waals surface area contributed by atoms with Crippen LogP contribution in [0.4, 0.5) is 11.4 Å². The fourth-order valence-corrected chi connectivity index (χ4v) is 5.62. The molecule has 4 aromatic carbocycles. The van der Waals surface area contributed by atoms with Gasteiger partial charge in [-0.1, -0.05) is 83.9 Å². The fourth-order valence-electron chi connectivity index (χ4n) is 5.44. The van der Waals surface area contributed by atoms with Gasteiger partial charge in [0.05, 0.1) is 11.7 Å². The Balaban J connectivity index is 1.20. The van der Waals surface area contributed by atoms with Crippen LogP contribution in [0.1, 0.15) is 46.2 Å². The lowest BCUT2D eigenvalue weighted by molar-refractivity contribution is 0.306. The van der Waals surface area contributed by atoms with Gasteiger partial charge in [-0.05, 0) is 72.4 Å². The van der Waals surface area contributed by atoms with Crippen molar-refractivity contribution in [3.8, 4) is 5.75 Å². The summed E-state index contributed by atoms with van der Waals surface area (Å²) >= 11 is 6.28. The molecule has 0 radical (unpaired) electrons. The number of halogens is 1. The first-order chi connectivity index (χ1) is 18.1. The van der Waals surface area contributed by atoms with Gasteiger partial charge in [-0.25, -0.2) is 0 Å². The first-order valence-electron chi connectivity index (χ1n) is 12.8. The van der Waals surface area contributed by atoms with Crippen molar-refractivity contribution >= 4 is 29.2 Å². The van der Waals surface area contributed by atoms with Gasteiger partial charge in [0.1, 0.15) is 12.4 Å². The van der Waals surface area contributed by atoms with E-state index in [-0.39, 0.29) is 6.04 Å². The number of benzene rings is 4. The average Bonchev–Trinajstić information content (AvgIpc) is 3.42. The second-order valence-corrected chi connectivity index (χ2v) is 10.3. The molecule has 6 rings (SSSR count). The van der Waals surface area contributed by atoms with Crippen LogP contribution in [-0.4, -0.2) is 6.21 Å². The second-order valence-electron chi connectivity index (χ2n) is 9.87. The molecule has 3 nitrogen and oxygen atoms in total. The summed E-state index contributed by atoms with van der Waals surface area (Å²) < 4.78 is 6.08. The molecule has 184 valence electrons. The minimum absolute atomic E-state index is 0.277. The molecule has 4 heteroatoms. The molecule has 0 unspecified atom stereocenters. The molecule has 4 aromatic rings. The maximum atomic E-state index is 6.28. The van der Waals surface area contributed by atoms with Crippen molar-refractivity contribution in [1.29, 1.82) is 0 Å². The van der Waals surface area contributed by atoms with Crippen LogP contribution in [0.25, 0.3) is 0 Å². The van der Waals surface area contributed by atoms with Gasteiger partial charge in [-0.15, -0.1) is 0 Å². The molecule has 0 saturated heterocycles. The van der Waals surface area contributed by atoms with Gasteiger partial charge in [0.25, 0.3) is 0 Å². The Morgan fingerprint density at radius 3 is 2.65 bits per heavy atom. The molecule has 1 heterocycles. The summed E-state index contributed by atoms with van der Waals surface area (Å²) in [5.41, 5.74) is 8.13. The van der Waals surface area contributed by atoms with Gasteiger partial charge in [-0.2, -0.15) is 0 Å². The number of hydrogen-bond acceptors (Lipinski definition) is 3. The molecule has 0 amide bonds. The summed E-state index contributed by atoms with van der Waals surface area (Å²) in [7, 11) is 0. The molecule has 2 aliphatic rings. The number of aliphatic imine (C=N–C) groups is 1. The second kappa shape index (κ2) is 10.3. The molecule has 0 spiro atoms. The third-order valence-electron chi connectivity index (χ3n) is 7.33. The number of nitrogens with zero attached hydrogens (tertiary/aromatic N) is 1. The molecular formula is C33H29ClN2O. The van der Waals surface area contributed by atoms with E-state index in [9.17, 15) is 0 Å². The van der Waals surface area contributed by atoms with Gasteiger partial charge < -0.3 is 10.1 Å². The maximum Gasteiger partial charge on any atom is 0.128 e. The number of nitrogens with one attached hydrogen (secondary N) is 1. The number of allylic oxidation sites excluding steroid dienone is 2. The Morgan fingerprint density at radius 2 is 1.81 bits per heavy atom. The highest BCUT2D eigenvalue weighted by Gasteiger charge is 2.37.